The van der Waals surface area contributed by atoms with Crippen LogP contribution >= 0.6 is 11.3 Å². The predicted octanol–water partition coefficient (Wildman–Crippen LogP) is 1.75. The molecule has 1 aliphatic heterocycles. The van der Waals surface area contributed by atoms with Gasteiger partial charge in [0.05, 0.1) is 6.54 Å². The highest BCUT2D eigenvalue weighted by Crippen LogP contribution is 2.17. The third-order valence-electron chi connectivity index (χ3n) is 3.52. The van der Waals surface area contributed by atoms with E-state index in [1.807, 2.05) is 6.07 Å². The Hall–Kier alpha value is -1.31. The van der Waals surface area contributed by atoms with Crippen molar-refractivity contribution < 1.29 is 4.79 Å². The van der Waals surface area contributed by atoms with E-state index in [2.05, 4.69) is 27.6 Å². The van der Waals surface area contributed by atoms with Gasteiger partial charge in [0, 0.05) is 17.3 Å². The van der Waals surface area contributed by atoms with Gasteiger partial charge in [-0.2, -0.15) is 0 Å². The largest absolute Gasteiger partial charge is 0.355 e. The number of thiophene rings is 1. The summed E-state index contributed by atoms with van der Waals surface area (Å²) in [6.45, 7) is 3.32. The Morgan fingerprint density at radius 3 is 2.95 bits per heavy atom. The highest BCUT2D eigenvalue weighted by atomic mass is 32.1. The Balaban J connectivity index is 1.65. The van der Waals surface area contributed by atoms with Crippen molar-refractivity contribution in [1.82, 2.24) is 10.2 Å². The molecule has 0 aromatic carbocycles. The average molecular weight is 276 g/mol. The van der Waals surface area contributed by atoms with Crippen LogP contribution in [0.3, 0.4) is 0 Å². The molecule has 0 bridgehead atoms. The number of likely N-dealkylation sites (tertiary alicyclic amines) is 1. The molecule has 1 aromatic heterocycles. The lowest BCUT2D eigenvalue weighted by Crippen LogP contribution is -2.41. The zero-order valence-corrected chi connectivity index (χ0v) is 11.9. The van der Waals surface area contributed by atoms with Crippen molar-refractivity contribution in [3.05, 3.63) is 22.4 Å². The fourth-order valence-electron chi connectivity index (χ4n) is 2.39. The van der Waals surface area contributed by atoms with E-state index in [1.54, 1.807) is 11.3 Å². The van der Waals surface area contributed by atoms with Crippen molar-refractivity contribution in [1.29, 1.82) is 0 Å². The Labute approximate surface area is 119 Å². The van der Waals surface area contributed by atoms with E-state index in [1.165, 1.54) is 4.88 Å². The Bertz CT molecular complexity index is 427. The van der Waals surface area contributed by atoms with Gasteiger partial charge in [-0.25, -0.2) is 0 Å². The Morgan fingerprint density at radius 2 is 2.32 bits per heavy atom. The van der Waals surface area contributed by atoms with Gasteiger partial charge in [0.15, 0.2) is 0 Å². The van der Waals surface area contributed by atoms with Crippen LogP contribution in [0, 0.1) is 18.3 Å². The number of carbonyl (C=O) groups excluding carboxylic acids is 1. The van der Waals surface area contributed by atoms with Gasteiger partial charge in [0.1, 0.15) is 0 Å². The summed E-state index contributed by atoms with van der Waals surface area (Å²) in [5.74, 6) is 3.03. The fourth-order valence-corrected chi connectivity index (χ4v) is 3.10. The number of hydrogen-bond acceptors (Lipinski definition) is 3. The second-order valence-corrected chi connectivity index (χ2v) is 5.91. The number of rotatable bonds is 5. The lowest BCUT2D eigenvalue weighted by Gasteiger charge is -2.29. The van der Waals surface area contributed by atoms with E-state index in [4.69, 9.17) is 6.42 Å². The van der Waals surface area contributed by atoms with E-state index >= 15 is 0 Å². The molecule has 3 nitrogen and oxygen atoms in total. The average Bonchev–Trinajstić information content (AvgIpc) is 2.93. The van der Waals surface area contributed by atoms with Gasteiger partial charge in [0.2, 0.25) is 5.91 Å². The summed E-state index contributed by atoms with van der Waals surface area (Å²) in [6.07, 6.45) is 8.07. The van der Waals surface area contributed by atoms with Gasteiger partial charge >= 0.3 is 0 Å². The van der Waals surface area contributed by atoms with Gasteiger partial charge in [-0.05, 0) is 43.8 Å². The number of amides is 1. The Morgan fingerprint density at radius 1 is 1.53 bits per heavy atom. The molecule has 19 heavy (non-hydrogen) atoms. The fraction of sp³-hybridized carbons (Fsp3) is 0.533. The van der Waals surface area contributed by atoms with Gasteiger partial charge < -0.3 is 5.32 Å². The molecule has 0 unspecified atom stereocenters. The number of nitrogens with one attached hydrogen (secondary N) is 1. The van der Waals surface area contributed by atoms with Crippen LogP contribution < -0.4 is 5.32 Å². The lowest BCUT2D eigenvalue weighted by atomic mass is 9.96. The number of hydrogen-bond donors (Lipinski definition) is 1. The second kappa shape index (κ2) is 7.32. The molecular weight excluding hydrogens is 256 g/mol. The minimum Gasteiger partial charge on any atom is -0.355 e. The van der Waals surface area contributed by atoms with E-state index < -0.39 is 0 Å². The van der Waals surface area contributed by atoms with E-state index in [0.717, 1.165) is 38.9 Å². The summed E-state index contributed by atoms with van der Waals surface area (Å²) in [6, 6.07) is 4.15. The number of carbonyl (C=O) groups is 1. The smallest absolute Gasteiger partial charge is 0.223 e. The molecule has 0 aliphatic carbocycles. The molecule has 1 fully saturated rings. The highest BCUT2D eigenvalue weighted by Gasteiger charge is 2.24. The minimum absolute atomic E-state index is 0.164. The number of piperidine rings is 1. The molecule has 0 atom stereocenters. The minimum atomic E-state index is 0.164. The molecule has 1 saturated heterocycles. The molecule has 2 heterocycles. The molecule has 1 N–H and O–H groups in total. The molecule has 1 aliphatic rings. The van der Waals surface area contributed by atoms with Crippen LogP contribution in [-0.2, 0) is 11.2 Å². The summed E-state index contributed by atoms with van der Waals surface area (Å²) < 4.78 is 0. The molecule has 102 valence electrons. The molecule has 0 saturated carbocycles. The predicted molar refractivity (Wildman–Crippen MR) is 79.0 cm³/mol. The maximum absolute atomic E-state index is 12.0. The summed E-state index contributed by atoms with van der Waals surface area (Å²) in [5, 5.41) is 5.11. The van der Waals surface area contributed by atoms with E-state index in [9.17, 15) is 4.79 Å². The molecule has 4 heteroatoms. The van der Waals surface area contributed by atoms with Gasteiger partial charge in [0.25, 0.3) is 0 Å². The maximum atomic E-state index is 12.0. The van der Waals surface area contributed by atoms with Crippen LogP contribution in [0.5, 0.6) is 0 Å². The quantitative estimate of drug-likeness (QED) is 0.831. The number of terminal acetylenes is 1. The molecule has 0 spiro atoms. The van der Waals surface area contributed by atoms with Crippen molar-refractivity contribution in [2.45, 2.75) is 19.3 Å². The third kappa shape index (κ3) is 4.38. The summed E-state index contributed by atoms with van der Waals surface area (Å²) in [4.78, 5) is 15.6. The first kappa shape index (κ1) is 14.1. The van der Waals surface area contributed by atoms with Crippen LogP contribution in [-0.4, -0.2) is 37.0 Å². The Kier molecular flexibility index (Phi) is 5.44. The lowest BCUT2D eigenvalue weighted by molar-refractivity contribution is -0.126. The van der Waals surface area contributed by atoms with Crippen LogP contribution in [0.25, 0.3) is 0 Å². The summed E-state index contributed by atoms with van der Waals surface area (Å²) >= 11 is 1.74. The zero-order valence-electron chi connectivity index (χ0n) is 11.1. The third-order valence-corrected chi connectivity index (χ3v) is 4.46. The summed E-state index contributed by atoms with van der Waals surface area (Å²) in [5.41, 5.74) is 0. The normalized spacial score (nSPS) is 17.0. The first-order valence-corrected chi connectivity index (χ1v) is 7.63. The molecule has 1 amide bonds. The summed E-state index contributed by atoms with van der Waals surface area (Å²) in [7, 11) is 0. The van der Waals surface area contributed by atoms with Crippen LogP contribution in [0.1, 0.15) is 17.7 Å². The monoisotopic (exact) mass is 276 g/mol. The van der Waals surface area contributed by atoms with Crippen LogP contribution in [0.2, 0.25) is 0 Å². The van der Waals surface area contributed by atoms with Gasteiger partial charge in [-0.1, -0.05) is 12.0 Å². The highest BCUT2D eigenvalue weighted by molar-refractivity contribution is 7.09. The van der Waals surface area contributed by atoms with Crippen molar-refractivity contribution in [2.75, 3.05) is 26.2 Å². The standard InChI is InChI=1S/C15H20N2OS/c1-2-9-17-10-6-13(7-11-17)15(18)16-8-5-14-4-3-12-19-14/h1,3-4,12-13H,5-11H2,(H,16,18). The van der Waals surface area contributed by atoms with Crippen molar-refractivity contribution in [3.8, 4) is 12.3 Å². The molecular formula is C15H20N2OS. The SMILES string of the molecule is C#CCN1CCC(C(=O)NCCc2cccs2)CC1. The molecule has 1 aromatic rings. The van der Waals surface area contributed by atoms with Gasteiger partial charge in [-0.3, -0.25) is 9.69 Å². The first-order chi connectivity index (χ1) is 9.29. The zero-order chi connectivity index (χ0) is 13.5. The second-order valence-electron chi connectivity index (χ2n) is 4.87. The van der Waals surface area contributed by atoms with E-state index in [-0.39, 0.29) is 11.8 Å². The first-order valence-electron chi connectivity index (χ1n) is 6.75. The topological polar surface area (TPSA) is 32.3 Å². The number of nitrogens with zero attached hydrogens (tertiary/aromatic N) is 1. The van der Waals surface area contributed by atoms with Gasteiger partial charge in [-0.15, -0.1) is 17.8 Å². The van der Waals surface area contributed by atoms with Crippen molar-refractivity contribution in [3.63, 3.8) is 0 Å². The maximum Gasteiger partial charge on any atom is 0.223 e. The van der Waals surface area contributed by atoms with Crippen molar-refractivity contribution >= 4 is 17.2 Å². The van der Waals surface area contributed by atoms with Crippen molar-refractivity contribution in [2.24, 2.45) is 5.92 Å². The molecule has 2 rings (SSSR count). The van der Waals surface area contributed by atoms with Crippen LogP contribution in [0.4, 0.5) is 0 Å². The van der Waals surface area contributed by atoms with E-state index in [0.29, 0.717) is 6.54 Å². The molecule has 0 radical (unpaired) electrons. The van der Waals surface area contributed by atoms with Crippen LogP contribution in [0.15, 0.2) is 17.5 Å².